The number of aromatic nitrogens is 3. The van der Waals surface area contributed by atoms with E-state index in [0.29, 0.717) is 20.4 Å². The van der Waals surface area contributed by atoms with Crippen molar-refractivity contribution in [1.29, 1.82) is 0 Å². The van der Waals surface area contributed by atoms with E-state index in [2.05, 4.69) is 20.1 Å². The van der Waals surface area contributed by atoms with Crippen molar-refractivity contribution in [3.8, 4) is 0 Å². The number of nitrogens with one attached hydrogen (secondary N) is 1. The Labute approximate surface area is 223 Å². The van der Waals surface area contributed by atoms with E-state index in [4.69, 9.17) is 11.6 Å². The molecule has 2 aromatic heterocycles. The molecular weight excluding hydrogens is 575 g/mol. The van der Waals surface area contributed by atoms with Gasteiger partial charge in [-0.15, -0.1) is 0 Å². The number of carbonyl (C=O) groups excluding carboxylic acids is 1. The lowest BCUT2D eigenvalue weighted by Gasteiger charge is -2.34. The van der Waals surface area contributed by atoms with E-state index >= 15 is 0 Å². The summed E-state index contributed by atoms with van der Waals surface area (Å²) in [4.78, 5) is 16.0. The number of aryl methyl sites for hydroxylation is 1. The second kappa shape index (κ2) is 10.5. The molecule has 17 heteroatoms. The summed E-state index contributed by atoms with van der Waals surface area (Å²) in [6, 6.07) is 1.21. The lowest BCUT2D eigenvalue weighted by Crippen LogP contribution is -2.44. The van der Waals surface area contributed by atoms with Crippen molar-refractivity contribution in [2.24, 2.45) is 5.92 Å². The van der Waals surface area contributed by atoms with Gasteiger partial charge in [0.25, 0.3) is 10.0 Å². The molecule has 212 valence electrons. The summed E-state index contributed by atoms with van der Waals surface area (Å²) in [5.41, 5.74) is -2.71. The van der Waals surface area contributed by atoms with Crippen LogP contribution in [0.4, 0.5) is 29.3 Å². The van der Waals surface area contributed by atoms with Crippen molar-refractivity contribution in [3.05, 3.63) is 29.3 Å². The highest BCUT2D eigenvalue weighted by molar-refractivity contribution is 7.93. The Hall–Kier alpha value is -2.59. The van der Waals surface area contributed by atoms with Crippen molar-refractivity contribution in [2.45, 2.75) is 57.3 Å². The molecule has 0 spiro atoms. The van der Waals surface area contributed by atoms with E-state index in [0.717, 1.165) is 10.5 Å². The maximum atomic E-state index is 13.7. The molecule has 1 amide bonds. The number of ether oxygens (including phenoxy) is 1. The monoisotopic (exact) mass is 601 g/mol. The van der Waals surface area contributed by atoms with Crippen LogP contribution in [-0.4, -0.2) is 67.5 Å². The van der Waals surface area contributed by atoms with Crippen LogP contribution in [0.2, 0.25) is 5.15 Å². The maximum Gasteiger partial charge on any atom is 0.427 e. The van der Waals surface area contributed by atoms with E-state index in [-0.39, 0.29) is 51.6 Å². The van der Waals surface area contributed by atoms with E-state index < -0.39 is 43.6 Å². The van der Waals surface area contributed by atoms with Gasteiger partial charge in [0, 0.05) is 25.0 Å². The quantitative estimate of drug-likeness (QED) is 0.483. The van der Waals surface area contributed by atoms with Gasteiger partial charge in [0.1, 0.15) is 14.7 Å². The Kier molecular flexibility index (Phi) is 8.30. The number of fused-ring (bicyclic) bond motifs is 1. The summed E-state index contributed by atoms with van der Waals surface area (Å²) in [7, 11) is -7.87. The first-order valence-corrected chi connectivity index (χ1v) is 15.1. The van der Waals surface area contributed by atoms with Crippen LogP contribution in [0.15, 0.2) is 23.4 Å². The molecule has 0 saturated heterocycles. The van der Waals surface area contributed by atoms with Gasteiger partial charge < -0.3 is 4.74 Å². The summed E-state index contributed by atoms with van der Waals surface area (Å²) in [5.74, 6) is -1.08. The van der Waals surface area contributed by atoms with Crippen LogP contribution in [0.3, 0.4) is 0 Å². The van der Waals surface area contributed by atoms with Crippen molar-refractivity contribution in [2.75, 3.05) is 27.7 Å². The van der Waals surface area contributed by atoms with Gasteiger partial charge >= 0.3 is 12.3 Å². The number of hydrogen-bond donors (Lipinski definition) is 1. The number of sulfonamides is 1. The van der Waals surface area contributed by atoms with Crippen molar-refractivity contribution in [1.82, 2.24) is 14.8 Å². The third kappa shape index (κ3) is 6.34. The summed E-state index contributed by atoms with van der Waals surface area (Å²) >= 11 is 6.10. The molecule has 3 rings (SSSR count). The van der Waals surface area contributed by atoms with Crippen LogP contribution in [0.5, 0.6) is 0 Å². The Bertz CT molecular complexity index is 1430. The standard InChI is InChI=1S/C21H27ClF3N5O6S2/c1-5-29-11-17(18(22)28-29)38(34,35)30-10-13(12-37(32,33)6-2)7-15-16(30)8-14(9-26-15)27-19(31)36-20(3,4)21(23,24)25/h8-9,11,13H,5-7,10,12H2,1-4H3,(H,27,31)/t13-/m1/s1. The second-order valence-electron chi connectivity index (χ2n) is 9.16. The average Bonchev–Trinajstić information content (AvgIpc) is 3.19. The number of anilines is 2. The normalized spacial score (nSPS) is 16.7. The number of rotatable bonds is 8. The third-order valence-electron chi connectivity index (χ3n) is 5.91. The predicted molar refractivity (Wildman–Crippen MR) is 133 cm³/mol. The highest BCUT2D eigenvalue weighted by Gasteiger charge is 2.51. The number of pyridine rings is 1. The van der Waals surface area contributed by atoms with Crippen molar-refractivity contribution in [3.63, 3.8) is 0 Å². The Balaban J connectivity index is 2.02. The molecule has 0 bridgehead atoms. The van der Waals surface area contributed by atoms with Crippen LogP contribution >= 0.6 is 11.6 Å². The van der Waals surface area contributed by atoms with Gasteiger partial charge in [0.15, 0.2) is 5.15 Å². The number of nitrogens with zero attached hydrogens (tertiary/aromatic N) is 4. The van der Waals surface area contributed by atoms with E-state index in [1.54, 1.807) is 6.92 Å². The number of alkyl halides is 3. The number of carbonyl (C=O) groups is 1. The largest absolute Gasteiger partial charge is 0.434 e. The van der Waals surface area contributed by atoms with Gasteiger partial charge in [0.05, 0.1) is 29.0 Å². The maximum absolute atomic E-state index is 13.7. The SMILES string of the molecule is CCn1cc(S(=O)(=O)N2C[C@H](CS(=O)(=O)CC)Cc3ncc(NC(=O)OC(C)(C)C(F)(F)F)cc32)c(Cl)n1. The van der Waals surface area contributed by atoms with Crippen molar-refractivity contribution >= 4 is 48.9 Å². The Morgan fingerprint density at radius 2 is 1.89 bits per heavy atom. The molecule has 0 fully saturated rings. The molecule has 0 aromatic carbocycles. The van der Waals surface area contributed by atoms with Gasteiger partial charge in [0.2, 0.25) is 5.60 Å². The van der Waals surface area contributed by atoms with E-state index in [1.807, 2.05) is 0 Å². The minimum absolute atomic E-state index is 0.00310. The molecule has 1 aliphatic heterocycles. The molecule has 11 nitrogen and oxygen atoms in total. The Morgan fingerprint density at radius 1 is 1.24 bits per heavy atom. The molecule has 0 unspecified atom stereocenters. The zero-order valence-electron chi connectivity index (χ0n) is 20.9. The lowest BCUT2D eigenvalue weighted by molar-refractivity contribution is -0.242. The highest BCUT2D eigenvalue weighted by atomic mass is 35.5. The first-order valence-electron chi connectivity index (χ1n) is 11.4. The number of halogens is 4. The van der Waals surface area contributed by atoms with Crippen LogP contribution in [0, 0.1) is 5.92 Å². The molecule has 0 saturated carbocycles. The van der Waals surface area contributed by atoms with E-state index in [1.165, 1.54) is 23.9 Å². The molecule has 1 aliphatic rings. The number of amides is 1. The smallest absolute Gasteiger partial charge is 0.427 e. The fourth-order valence-electron chi connectivity index (χ4n) is 3.68. The summed E-state index contributed by atoms with van der Waals surface area (Å²) in [6.45, 7) is 4.64. The predicted octanol–water partition coefficient (Wildman–Crippen LogP) is 3.64. The number of hydrogen-bond acceptors (Lipinski definition) is 8. The second-order valence-corrected chi connectivity index (χ2v) is 13.7. The molecule has 1 atom stereocenters. The average molecular weight is 602 g/mol. The zero-order valence-corrected chi connectivity index (χ0v) is 23.3. The van der Waals surface area contributed by atoms with Crippen LogP contribution in [0.1, 0.15) is 33.4 Å². The summed E-state index contributed by atoms with van der Waals surface area (Å²) in [5, 5.41) is 5.79. The minimum Gasteiger partial charge on any atom is -0.434 e. The summed E-state index contributed by atoms with van der Waals surface area (Å²) in [6.07, 6.45) is -3.81. The molecule has 38 heavy (non-hydrogen) atoms. The highest BCUT2D eigenvalue weighted by Crippen LogP contribution is 2.37. The van der Waals surface area contributed by atoms with Gasteiger partial charge in [-0.25, -0.2) is 21.6 Å². The topological polar surface area (TPSA) is 141 Å². The molecule has 0 radical (unpaired) electrons. The summed E-state index contributed by atoms with van der Waals surface area (Å²) < 4.78 is 98.0. The first-order chi connectivity index (χ1) is 17.4. The zero-order chi connectivity index (χ0) is 28.7. The first kappa shape index (κ1) is 30.0. The van der Waals surface area contributed by atoms with Gasteiger partial charge in [-0.1, -0.05) is 18.5 Å². The number of sulfone groups is 1. The third-order valence-corrected chi connectivity index (χ3v) is 9.94. The minimum atomic E-state index is -4.83. The van der Waals surface area contributed by atoms with Crippen LogP contribution in [0.25, 0.3) is 0 Å². The van der Waals surface area contributed by atoms with Crippen molar-refractivity contribution < 1.29 is 39.5 Å². The van der Waals surface area contributed by atoms with Crippen LogP contribution in [-0.2, 0) is 37.6 Å². The van der Waals surface area contributed by atoms with Crippen LogP contribution < -0.4 is 9.62 Å². The molecule has 3 heterocycles. The fraction of sp³-hybridized carbons (Fsp3) is 0.571. The lowest BCUT2D eigenvalue weighted by atomic mass is 9.99. The van der Waals surface area contributed by atoms with Gasteiger partial charge in [-0.2, -0.15) is 18.3 Å². The fourth-order valence-corrected chi connectivity index (χ4v) is 6.86. The molecular formula is C21H27ClF3N5O6S2. The molecule has 0 aliphatic carbocycles. The molecule has 2 aromatic rings. The van der Waals surface area contributed by atoms with E-state index in [9.17, 15) is 34.8 Å². The molecule has 1 N–H and O–H groups in total. The van der Waals surface area contributed by atoms with Gasteiger partial charge in [-0.05, 0) is 39.2 Å². The Morgan fingerprint density at radius 3 is 2.45 bits per heavy atom. The van der Waals surface area contributed by atoms with Gasteiger partial charge in [-0.3, -0.25) is 19.3 Å².